The number of hydrogen-bond donors (Lipinski definition) is 3. The third kappa shape index (κ3) is 1.54. The Hall–Kier alpha value is -1.14. The summed E-state index contributed by atoms with van der Waals surface area (Å²) >= 11 is 0. The van der Waals surface area contributed by atoms with Crippen molar-refractivity contribution in [3.8, 4) is 5.75 Å². The van der Waals surface area contributed by atoms with Crippen LogP contribution in [-0.4, -0.2) is 22.3 Å². The van der Waals surface area contributed by atoms with Crippen molar-refractivity contribution in [2.24, 2.45) is 0 Å². The Bertz CT molecular complexity index is 280. The number of phenolic OH excluding ortho intramolecular Hbond substituents is 1. The molecule has 3 N–H and O–H groups in total. The van der Waals surface area contributed by atoms with E-state index in [0.29, 0.717) is 6.07 Å². The molecule has 1 aromatic carbocycles. The Kier molecular flexibility index (Phi) is 2.30. The quantitative estimate of drug-likeness (QED) is 0.495. The van der Waals surface area contributed by atoms with Gasteiger partial charge in [-0.1, -0.05) is 0 Å². The normalized spacial score (nSPS) is 10.0. The Morgan fingerprint density at radius 2 is 1.75 bits per heavy atom. The Labute approximate surface area is 67.0 Å². The molecule has 0 fully saturated rings. The van der Waals surface area contributed by atoms with Gasteiger partial charge in [0.2, 0.25) is 0 Å². The molecule has 0 aromatic heterocycles. The Morgan fingerprint density at radius 1 is 1.17 bits per heavy atom. The van der Waals surface area contributed by atoms with Crippen LogP contribution in [-0.2, 0) is 0 Å². The molecule has 1 rings (SSSR count). The highest BCUT2D eigenvalue weighted by Gasteiger charge is 2.17. The zero-order valence-corrected chi connectivity index (χ0v) is 5.83. The van der Waals surface area contributed by atoms with E-state index in [0.717, 1.165) is 6.07 Å². The lowest BCUT2D eigenvalue weighted by Gasteiger charge is -2.01. The monoisotopic (exact) mass is 174 g/mol. The molecule has 0 aliphatic rings. The van der Waals surface area contributed by atoms with Gasteiger partial charge in [0.25, 0.3) is 0 Å². The molecule has 0 amide bonds. The molecule has 3 nitrogen and oxygen atoms in total. The highest BCUT2D eigenvalue weighted by Crippen LogP contribution is 2.15. The lowest BCUT2D eigenvalue weighted by molar-refractivity contribution is 0.403. The van der Waals surface area contributed by atoms with Gasteiger partial charge in [-0.15, -0.1) is 0 Å². The van der Waals surface area contributed by atoms with Gasteiger partial charge in [-0.2, -0.15) is 4.39 Å². The van der Waals surface area contributed by atoms with Crippen LogP contribution in [0.4, 0.5) is 8.78 Å². The van der Waals surface area contributed by atoms with E-state index in [9.17, 15) is 8.78 Å². The van der Waals surface area contributed by atoms with Crippen molar-refractivity contribution < 1.29 is 23.9 Å². The molecule has 6 heteroatoms. The average molecular weight is 174 g/mol. The van der Waals surface area contributed by atoms with E-state index in [1.165, 1.54) is 0 Å². The van der Waals surface area contributed by atoms with Crippen molar-refractivity contribution in [2.45, 2.75) is 0 Å². The molecule has 1 aromatic rings. The summed E-state index contributed by atoms with van der Waals surface area (Å²) in [7, 11) is -1.92. The van der Waals surface area contributed by atoms with E-state index in [1.54, 1.807) is 0 Å². The molecule has 64 valence electrons. The van der Waals surface area contributed by atoms with Crippen LogP contribution in [0.2, 0.25) is 0 Å². The molecule has 0 bridgehead atoms. The van der Waals surface area contributed by atoms with Gasteiger partial charge in [0.1, 0.15) is 0 Å². The van der Waals surface area contributed by atoms with E-state index >= 15 is 0 Å². The van der Waals surface area contributed by atoms with Gasteiger partial charge in [-0.3, -0.25) is 0 Å². The van der Waals surface area contributed by atoms with E-state index in [2.05, 4.69) is 0 Å². The van der Waals surface area contributed by atoms with Crippen molar-refractivity contribution in [2.75, 3.05) is 0 Å². The Morgan fingerprint density at radius 3 is 2.17 bits per heavy atom. The summed E-state index contributed by atoms with van der Waals surface area (Å²) in [5.41, 5.74) is -0.300. The molecule has 0 aliphatic heterocycles. The summed E-state index contributed by atoms with van der Waals surface area (Å²) in [5.74, 6) is -3.67. The van der Waals surface area contributed by atoms with Crippen LogP contribution in [0.5, 0.6) is 5.75 Å². The van der Waals surface area contributed by atoms with Crippen LogP contribution in [0.25, 0.3) is 0 Å². The van der Waals surface area contributed by atoms with Crippen LogP contribution in [0.1, 0.15) is 0 Å². The SMILES string of the molecule is OB(O)c1cc(O)c(F)c(F)c1. The second kappa shape index (κ2) is 3.08. The average Bonchev–Trinajstić information content (AvgIpc) is 1.99. The summed E-state index contributed by atoms with van der Waals surface area (Å²) in [6.45, 7) is 0. The molecule has 0 aliphatic carbocycles. The van der Waals surface area contributed by atoms with Gasteiger partial charge < -0.3 is 15.2 Å². The maximum atomic E-state index is 12.4. The zero-order valence-electron chi connectivity index (χ0n) is 5.83. The molecule has 0 saturated carbocycles. The van der Waals surface area contributed by atoms with Gasteiger partial charge in [0.15, 0.2) is 17.4 Å². The number of phenols is 1. The highest BCUT2D eigenvalue weighted by atomic mass is 19.2. The maximum Gasteiger partial charge on any atom is 0.488 e. The van der Waals surface area contributed by atoms with E-state index in [1.807, 2.05) is 0 Å². The van der Waals surface area contributed by atoms with E-state index in [4.69, 9.17) is 15.2 Å². The number of rotatable bonds is 1. The maximum absolute atomic E-state index is 12.4. The number of aromatic hydroxyl groups is 1. The first-order valence-corrected chi connectivity index (χ1v) is 3.06. The van der Waals surface area contributed by atoms with Gasteiger partial charge in [-0.25, -0.2) is 4.39 Å². The lowest BCUT2D eigenvalue weighted by Crippen LogP contribution is -2.30. The summed E-state index contributed by atoms with van der Waals surface area (Å²) in [6.07, 6.45) is 0. The molecule has 12 heavy (non-hydrogen) atoms. The van der Waals surface area contributed by atoms with E-state index in [-0.39, 0.29) is 5.46 Å². The molecule has 0 atom stereocenters. The molecular formula is C6H5BF2O3. The fourth-order valence-electron chi connectivity index (χ4n) is 0.744. The van der Waals surface area contributed by atoms with Crippen LogP contribution in [0.15, 0.2) is 12.1 Å². The van der Waals surface area contributed by atoms with Gasteiger partial charge >= 0.3 is 7.12 Å². The van der Waals surface area contributed by atoms with Crippen molar-refractivity contribution in [3.63, 3.8) is 0 Å². The predicted molar refractivity (Wildman–Crippen MR) is 37.8 cm³/mol. The minimum absolute atomic E-state index is 0.300. The Balaban J connectivity index is 3.21. The molecule has 0 saturated heterocycles. The second-order valence-electron chi connectivity index (χ2n) is 2.21. The third-order valence-electron chi connectivity index (χ3n) is 1.33. The molecular weight excluding hydrogens is 169 g/mol. The van der Waals surface area contributed by atoms with Gasteiger partial charge in [0, 0.05) is 0 Å². The largest absolute Gasteiger partial charge is 0.505 e. The van der Waals surface area contributed by atoms with Crippen LogP contribution in [0.3, 0.4) is 0 Å². The first-order valence-electron chi connectivity index (χ1n) is 3.06. The first-order chi connectivity index (χ1) is 5.52. The molecule has 0 heterocycles. The first kappa shape index (κ1) is 8.96. The number of hydrogen-bond acceptors (Lipinski definition) is 3. The minimum atomic E-state index is -1.92. The fraction of sp³-hybridized carbons (Fsp3) is 0. The lowest BCUT2D eigenvalue weighted by atomic mass is 9.80. The van der Waals surface area contributed by atoms with Crippen molar-refractivity contribution >= 4 is 12.6 Å². The predicted octanol–water partition coefficient (Wildman–Crippen LogP) is -0.650. The molecule has 0 radical (unpaired) electrons. The third-order valence-corrected chi connectivity index (χ3v) is 1.33. The summed E-state index contributed by atoms with van der Waals surface area (Å²) in [5, 5.41) is 25.7. The highest BCUT2D eigenvalue weighted by molar-refractivity contribution is 6.58. The van der Waals surface area contributed by atoms with Crippen LogP contribution >= 0.6 is 0 Å². The number of halogens is 2. The second-order valence-corrected chi connectivity index (χ2v) is 2.21. The summed E-state index contributed by atoms with van der Waals surface area (Å²) in [4.78, 5) is 0. The van der Waals surface area contributed by atoms with Gasteiger partial charge in [0.05, 0.1) is 0 Å². The molecule has 0 unspecified atom stereocenters. The van der Waals surface area contributed by atoms with Crippen molar-refractivity contribution in [1.82, 2.24) is 0 Å². The zero-order chi connectivity index (χ0) is 9.30. The van der Waals surface area contributed by atoms with Crippen molar-refractivity contribution in [1.29, 1.82) is 0 Å². The topological polar surface area (TPSA) is 60.7 Å². The standard InChI is InChI=1S/C6H5BF2O3/c8-4-1-3(7(11)12)2-5(10)6(4)9/h1-2,10-12H. The fourth-order valence-corrected chi connectivity index (χ4v) is 0.744. The van der Waals surface area contributed by atoms with Gasteiger partial charge in [-0.05, 0) is 17.6 Å². The summed E-state index contributed by atoms with van der Waals surface area (Å²) < 4.78 is 24.8. The summed E-state index contributed by atoms with van der Waals surface area (Å²) in [6, 6.07) is 1.34. The smallest absolute Gasteiger partial charge is 0.488 e. The molecule has 0 spiro atoms. The van der Waals surface area contributed by atoms with Crippen molar-refractivity contribution in [3.05, 3.63) is 23.8 Å². The van der Waals surface area contributed by atoms with E-state index < -0.39 is 24.5 Å². The minimum Gasteiger partial charge on any atom is -0.505 e. The van der Waals surface area contributed by atoms with Crippen LogP contribution in [0, 0.1) is 11.6 Å². The van der Waals surface area contributed by atoms with Crippen LogP contribution < -0.4 is 5.46 Å². The number of benzene rings is 1.